The van der Waals surface area contributed by atoms with Crippen LogP contribution in [0.15, 0.2) is 24.3 Å². The van der Waals surface area contributed by atoms with Gasteiger partial charge in [0.2, 0.25) is 5.91 Å². The normalized spacial score (nSPS) is 12.8. The highest BCUT2D eigenvalue weighted by atomic mass is 19.1. The zero-order valence-corrected chi connectivity index (χ0v) is 14.5. The van der Waals surface area contributed by atoms with Crippen LogP contribution in [0, 0.1) is 12.7 Å². The van der Waals surface area contributed by atoms with E-state index in [1.807, 2.05) is 20.8 Å². The molecule has 0 aliphatic rings. The van der Waals surface area contributed by atoms with E-state index in [9.17, 15) is 14.0 Å². The van der Waals surface area contributed by atoms with E-state index < -0.39 is 17.8 Å². The maximum Gasteiger partial charge on any atom is 0.252 e. The quantitative estimate of drug-likeness (QED) is 0.908. The molecule has 2 aromatic rings. The van der Waals surface area contributed by atoms with Crippen molar-refractivity contribution < 1.29 is 14.0 Å². The van der Waals surface area contributed by atoms with Crippen LogP contribution in [0.5, 0.6) is 0 Å². The van der Waals surface area contributed by atoms with Crippen molar-refractivity contribution in [1.29, 1.82) is 0 Å². The molecule has 2 amide bonds. The number of nitrogens with one attached hydrogen (secondary N) is 2. The SMILES string of the molecule is Cc1cc(C(=O)NC(C)C(=O)NC(C)(C)C)c2ccc(F)cc2n1. The van der Waals surface area contributed by atoms with Gasteiger partial charge in [0, 0.05) is 22.7 Å². The number of carbonyl (C=O) groups excluding carboxylic acids is 2. The predicted molar refractivity (Wildman–Crippen MR) is 91.3 cm³/mol. The van der Waals surface area contributed by atoms with Crippen LogP contribution in [0.4, 0.5) is 4.39 Å². The Labute approximate surface area is 140 Å². The maximum atomic E-state index is 13.4. The highest BCUT2D eigenvalue weighted by Crippen LogP contribution is 2.19. The summed E-state index contributed by atoms with van der Waals surface area (Å²) in [6, 6.07) is 5.03. The molecule has 24 heavy (non-hydrogen) atoms. The predicted octanol–water partition coefficient (Wildman–Crippen LogP) is 2.72. The Kier molecular flexibility index (Phi) is 4.87. The van der Waals surface area contributed by atoms with Gasteiger partial charge in [-0.2, -0.15) is 0 Å². The summed E-state index contributed by atoms with van der Waals surface area (Å²) in [5, 5.41) is 6.04. The van der Waals surface area contributed by atoms with Crippen LogP contribution in [0.3, 0.4) is 0 Å². The van der Waals surface area contributed by atoms with Gasteiger partial charge in [0.05, 0.1) is 11.1 Å². The number of benzene rings is 1. The molecule has 6 heteroatoms. The highest BCUT2D eigenvalue weighted by molar-refractivity contribution is 6.07. The lowest BCUT2D eigenvalue weighted by molar-refractivity contribution is -0.124. The maximum absolute atomic E-state index is 13.4. The van der Waals surface area contributed by atoms with Crippen molar-refractivity contribution >= 4 is 22.7 Å². The second-order valence-electron chi connectivity index (χ2n) is 6.91. The van der Waals surface area contributed by atoms with E-state index in [0.29, 0.717) is 22.2 Å². The van der Waals surface area contributed by atoms with E-state index >= 15 is 0 Å². The molecule has 1 heterocycles. The lowest BCUT2D eigenvalue weighted by Gasteiger charge is -2.23. The largest absolute Gasteiger partial charge is 0.350 e. The number of carbonyl (C=O) groups is 2. The number of halogens is 1. The van der Waals surface area contributed by atoms with Crippen molar-refractivity contribution in [3.8, 4) is 0 Å². The van der Waals surface area contributed by atoms with Crippen LogP contribution < -0.4 is 10.6 Å². The van der Waals surface area contributed by atoms with E-state index in [1.54, 1.807) is 19.9 Å². The van der Waals surface area contributed by atoms with Crippen molar-refractivity contribution in [1.82, 2.24) is 15.6 Å². The zero-order chi connectivity index (χ0) is 18.1. The van der Waals surface area contributed by atoms with Gasteiger partial charge in [0.25, 0.3) is 5.91 Å². The second-order valence-corrected chi connectivity index (χ2v) is 6.91. The third kappa shape index (κ3) is 4.28. The first-order valence-corrected chi connectivity index (χ1v) is 7.76. The fraction of sp³-hybridized carbons (Fsp3) is 0.389. The number of pyridine rings is 1. The summed E-state index contributed by atoms with van der Waals surface area (Å²) < 4.78 is 13.4. The van der Waals surface area contributed by atoms with Crippen LogP contribution >= 0.6 is 0 Å². The van der Waals surface area contributed by atoms with Crippen molar-refractivity contribution in [2.75, 3.05) is 0 Å². The van der Waals surface area contributed by atoms with Crippen LogP contribution in [-0.4, -0.2) is 28.4 Å². The first-order chi connectivity index (χ1) is 11.1. The number of nitrogens with zero attached hydrogens (tertiary/aromatic N) is 1. The molecule has 0 spiro atoms. The Hall–Kier alpha value is -2.50. The molecule has 0 radical (unpaired) electrons. The monoisotopic (exact) mass is 331 g/mol. The topological polar surface area (TPSA) is 71.1 Å². The summed E-state index contributed by atoms with van der Waals surface area (Å²) in [5.74, 6) is -1.07. The van der Waals surface area contributed by atoms with Gasteiger partial charge in [0.1, 0.15) is 11.9 Å². The summed E-state index contributed by atoms with van der Waals surface area (Å²) in [5.41, 5.74) is 0.998. The van der Waals surface area contributed by atoms with E-state index in [1.165, 1.54) is 18.2 Å². The third-order valence-electron chi connectivity index (χ3n) is 3.38. The Morgan fingerprint density at radius 2 is 1.88 bits per heavy atom. The van der Waals surface area contributed by atoms with Crippen molar-refractivity contribution in [3.05, 3.63) is 41.3 Å². The zero-order valence-electron chi connectivity index (χ0n) is 14.5. The summed E-state index contributed by atoms with van der Waals surface area (Å²) in [6.45, 7) is 8.96. The molecular weight excluding hydrogens is 309 g/mol. The Balaban J connectivity index is 2.27. The number of fused-ring (bicyclic) bond motifs is 1. The van der Waals surface area contributed by atoms with Gasteiger partial charge < -0.3 is 10.6 Å². The molecule has 0 fully saturated rings. The Morgan fingerprint density at radius 3 is 2.50 bits per heavy atom. The summed E-state index contributed by atoms with van der Waals surface area (Å²) in [4.78, 5) is 28.9. The first-order valence-electron chi connectivity index (χ1n) is 7.76. The molecular formula is C18H22FN3O2. The van der Waals surface area contributed by atoms with Gasteiger partial charge in [0.15, 0.2) is 0 Å². The van der Waals surface area contributed by atoms with Crippen LogP contribution in [0.1, 0.15) is 43.7 Å². The van der Waals surface area contributed by atoms with Gasteiger partial charge in [-0.1, -0.05) is 0 Å². The second kappa shape index (κ2) is 6.55. The number of aromatic nitrogens is 1. The fourth-order valence-corrected chi connectivity index (χ4v) is 2.34. The number of hydrogen-bond donors (Lipinski definition) is 2. The van der Waals surface area contributed by atoms with E-state index in [2.05, 4.69) is 15.6 Å². The Bertz CT molecular complexity index is 791. The molecule has 0 saturated carbocycles. The highest BCUT2D eigenvalue weighted by Gasteiger charge is 2.22. The molecule has 0 aliphatic heterocycles. The molecule has 2 rings (SSSR count). The summed E-state index contributed by atoms with van der Waals surface area (Å²) in [6.07, 6.45) is 0. The minimum atomic E-state index is -0.694. The van der Waals surface area contributed by atoms with E-state index in [4.69, 9.17) is 0 Å². The number of aryl methyl sites for hydroxylation is 1. The fourth-order valence-electron chi connectivity index (χ4n) is 2.34. The van der Waals surface area contributed by atoms with Crippen molar-refractivity contribution in [3.63, 3.8) is 0 Å². The smallest absolute Gasteiger partial charge is 0.252 e. The molecule has 1 aromatic carbocycles. The average molecular weight is 331 g/mol. The van der Waals surface area contributed by atoms with Crippen LogP contribution in [0.25, 0.3) is 10.9 Å². The number of rotatable bonds is 3. The van der Waals surface area contributed by atoms with Gasteiger partial charge >= 0.3 is 0 Å². The van der Waals surface area contributed by atoms with Crippen molar-refractivity contribution in [2.45, 2.75) is 46.2 Å². The van der Waals surface area contributed by atoms with Crippen molar-refractivity contribution in [2.24, 2.45) is 0 Å². The molecule has 0 bridgehead atoms. The van der Waals surface area contributed by atoms with Crippen LogP contribution in [0.2, 0.25) is 0 Å². The molecule has 1 atom stereocenters. The van der Waals surface area contributed by atoms with Gasteiger partial charge in [-0.05, 0) is 52.8 Å². The van der Waals surface area contributed by atoms with Gasteiger partial charge in [-0.15, -0.1) is 0 Å². The minimum Gasteiger partial charge on any atom is -0.350 e. The van der Waals surface area contributed by atoms with Gasteiger partial charge in [-0.25, -0.2) is 4.39 Å². The Morgan fingerprint density at radius 1 is 1.21 bits per heavy atom. The van der Waals surface area contributed by atoms with Gasteiger partial charge in [-0.3, -0.25) is 14.6 Å². The molecule has 128 valence electrons. The molecule has 0 aliphatic carbocycles. The standard InChI is InChI=1S/C18H22FN3O2/c1-10-8-14(13-7-6-12(19)9-15(13)20-10)17(24)21-11(2)16(23)22-18(3,4)5/h6-9,11H,1-5H3,(H,21,24)(H,22,23). The first kappa shape index (κ1) is 17.8. The molecule has 5 nitrogen and oxygen atoms in total. The lowest BCUT2D eigenvalue weighted by Crippen LogP contribution is -2.50. The van der Waals surface area contributed by atoms with E-state index in [0.717, 1.165) is 0 Å². The molecule has 1 unspecified atom stereocenters. The average Bonchev–Trinajstić information content (AvgIpc) is 2.43. The van der Waals surface area contributed by atoms with E-state index in [-0.39, 0.29) is 11.4 Å². The minimum absolute atomic E-state index is 0.267. The van der Waals surface area contributed by atoms with Crippen LogP contribution in [-0.2, 0) is 4.79 Å². The number of hydrogen-bond acceptors (Lipinski definition) is 3. The lowest BCUT2D eigenvalue weighted by atomic mass is 10.1. The third-order valence-corrected chi connectivity index (χ3v) is 3.38. The summed E-state index contributed by atoms with van der Waals surface area (Å²) in [7, 11) is 0. The number of amides is 2. The molecule has 1 aromatic heterocycles. The molecule has 2 N–H and O–H groups in total. The molecule has 0 saturated heterocycles. The summed E-state index contributed by atoms with van der Waals surface area (Å²) >= 11 is 0.